The molecule has 1 unspecified atom stereocenters. The van der Waals surface area contributed by atoms with Crippen molar-refractivity contribution < 1.29 is 14.7 Å². The Morgan fingerprint density at radius 2 is 2.17 bits per heavy atom. The van der Waals surface area contributed by atoms with Crippen molar-refractivity contribution in [2.75, 3.05) is 17.3 Å². The van der Waals surface area contributed by atoms with Crippen LogP contribution in [-0.4, -0.2) is 35.0 Å². The fourth-order valence-electron chi connectivity index (χ4n) is 1.61. The van der Waals surface area contributed by atoms with Crippen LogP contribution < -0.4 is 10.6 Å². The smallest absolute Gasteiger partial charge is 0.326 e. The van der Waals surface area contributed by atoms with E-state index < -0.39 is 17.9 Å². The number of hydrogen-bond donors (Lipinski definition) is 3. The van der Waals surface area contributed by atoms with Crippen molar-refractivity contribution in [2.45, 2.75) is 12.5 Å². The molecule has 0 heterocycles. The van der Waals surface area contributed by atoms with Crippen molar-refractivity contribution in [2.24, 2.45) is 0 Å². The molecule has 1 aromatic rings. The zero-order valence-corrected chi connectivity index (χ0v) is 14.8. The SMILES string of the molecule is CSCCC(NC(=O)/C(C#N)=C\Nc1ccccc1Br)C(=O)O. The van der Waals surface area contributed by atoms with E-state index in [1.54, 1.807) is 18.2 Å². The van der Waals surface area contributed by atoms with E-state index >= 15 is 0 Å². The Balaban J connectivity index is 2.78. The average molecular weight is 398 g/mol. The summed E-state index contributed by atoms with van der Waals surface area (Å²) in [4.78, 5) is 23.2. The summed E-state index contributed by atoms with van der Waals surface area (Å²) < 4.78 is 0.775. The van der Waals surface area contributed by atoms with Gasteiger partial charge >= 0.3 is 5.97 Å². The quantitative estimate of drug-likeness (QED) is 0.460. The van der Waals surface area contributed by atoms with Crippen molar-refractivity contribution >= 4 is 45.3 Å². The number of aliphatic carboxylic acids is 1. The Morgan fingerprint density at radius 3 is 2.74 bits per heavy atom. The fourth-order valence-corrected chi connectivity index (χ4v) is 2.48. The first-order chi connectivity index (χ1) is 11.0. The summed E-state index contributed by atoms with van der Waals surface area (Å²) in [6.07, 6.45) is 3.39. The Kier molecular flexibility index (Phi) is 8.22. The Morgan fingerprint density at radius 1 is 1.48 bits per heavy atom. The Bertz CT molecular complexity index is 643. The third-order valence-corrected chi connectivity index (χ3v) is 4.16. The van der Waals surface area contributed by atoms with Gasteiger partial charge in [0.15, 0.2) is 0 Å². The standard InChI is InChI=1S/C15H16BrN3O3S/c1-23-7-6-13(15(21)22)19-14(20)10(8-17)9-18-12-5-3-2-4-11(12)16/h2-5,9,13,18H,6-7H2,1H3,(H,19,20)(H,21,22)/b10-9-. The van der Waals surface area contributed by atoms with Crippen molar-refractivity contribution in [3.8, 4) is 6.07 Å². The highest BCUT2D eigenvalue weighted by Crippen LogP contribution is 2.21. The largest absolute Gasteiger partial charge is 0.480 e. The van der Waals surface area contributed by atoms with Crippen LogP contribution in [0.5, 0.6) is 0 Å². The second kappa shape index (κ2) is 9.92. The van der Waals surface area contributed by atoms with Gasteiger partial charge in [-0.1, -0.05) is 12.1 Å². The molecule has 23 heavy (non-hydrogen) atoms. The molecule has 122 valence electrons. The number of nitrogens with zero attached hydrogens (tertiary/aromatic N) is 1. The molecule has 0 spiro atoms. The van der Waals surface area contributed by atoms with Gasteiger partial charge in [0.05, 0.1) is 5.69 Å². The zero-order chi connectivity index (χ0) is 17.2. The van der Waals surface area contributed by atoms with Crippen LogP contribution in [0.15, 0.2) is 40.5 Å². The second-order valence-electron chi connectivity index (χ2n) is 4.44. The van der Waals surface area contributed by atoms with Gasteiger partial charge in [-0.2, -0.15) is 17.0 Å². The minimum absolute atomic E-state index is 0.198. The summed E-state index contributed by atoms with van der Waals surface area (Å²) in [6, 6.07) is 7.96. The lowest BCUT2D eigenvalue weighted by Gasteiger charge is -2.13. The molecular formula is C15H16BrN3O3S. The van der Waals surface area contributed by atoms with Crippen LogP contribution in [-0.2, 0) is 9.59 Å². The van der Waals surface area contributed by atoms with Crippen LogP contribution in [0.1, 0.15) is 6.42 Å². The van der Waals surface area contributed by atoms with Crippen molar-refractivity contribution in [1.29, 1.82) is 5.26 Å². The first-order valence-electron chi connectivity index (χ1n) is 6.63. The molecule has 0 bridgehead atoms. The van der Waals surface area contributed by atoms with Crippen LogP contribution in [0, 0.1) is 11.3 Å². The molecule has 0 aliphatic heterocycles. The molecule has 0 saturated heterocycles. The van der Waals surface area contributed by atoms with Crippen LogP contribution in [0.25, 0.3) is 0 Å². The third-order valence-electron chi connectivity index (χ3n) is 2.83. The highest BCUT2D eigenvalue weighted by Gasteiger charge is 2.21. The molecule has 1 rings (SSSR count). The van der Waals surface area contributed by atoms with E-state index in [9.17, 15) is 9.59 Å². The fraction of sp³-hybridized carbons (Fsp3) is 0.267. The van der Waals surface area contributed by atoms with E-state index in [1.165, 1.54) is 18.0 Å². The lowest BCUT2D eigenvalue weighted by Crippen LogP contribution is -2.41. The monoisotopic (exact) mass is 397 g/mol. The molecule has 3 N–H and O–H groups in total. The van der Waals surface area contributed by atoms with Crippen molar-refractivity contribution in [3.05, 3.63) is 40.5 Å². The lowest BCUT2D eigenvalue weighted by molar-refractivity contribution is -0.141. The van der Waals surface area contributed by atoms with Crippen molar-refractivity contribution in [1.82, 2.24) is 5.32 Å². The van der Waals surface area contributed by atoms with Gasteiger partial charge in [0.1, 0.15) is 17.7 Å². The summed E-state index contributed by atoms with van der Waals surface area (Å²) in [6.45, 7) is 0. The molecule has 8 heteroatoms. The topological polar surface area (TPSA) is 102 Å². The zero-order valence-electron chi connectivity index (χ0n) is 12.4. The minimum atomic E-state index is -1.12. The van der Waals surface area contributed by atoms with E-state index in [0.29, 0.717) is 17.9 Å². The summed E-state index contributed by atoms with van der Waals surface area (Å²) in [5.74, 6) is -1.25. The van der Waals surface area contributed by atoms with E-state index in [4.69, 9.17) is 10.4 Å². The van der Waals surface area contributed by atoms with Gasteiger partial charge in [-0.15, -0.1) is 0 Å². The number of carbonyl (C=O) groups excluding carboxylic acids is 1. The minimum Gasteiger partial charge on any atom is -0.480 e. The lowest BCUT2D eigenvalue weighted by atomic mass is 10.2. The number of halogens is 1. The molecule has 0 aliphatic carbocycles. The van der Waals surface area contributed by atoms with Crippen LogP contribution in [0.2, 0.25) is 0 Å². The van der Waals surface area contributed by atoms with Gasteiger partial charge in [0.25, 0.3) is 5.91 Å². The molecule has 1 atom stereocenters. The number of thioether (sulfide) groups is 1. The number of hydrogen-bond acceptors (Lipinski definition) is 5. The number of para-hydroxylation sites is 1. The van der Waals surface area contributed by atoms with E-state index in [1.807, 2.05) is 18.4 Å². The van der Waals surface area contributed by atoms with E-state index in [2.05, 4.69) is 26.6 Å². The number of rotatable bonds is 8. The number of nitrogens with one attached hydrogen (secondary N) is 2. The number of benzene rings is 1. The first-order valence-corrected chi connectivity index (χ1v) is 8.82. The van der Waals surface area contributed by atoms with Gasteiger partial charge in [-0.25, -0.2) is 4.79 Å². The average Bonchev–Trinajstić information content (AvgIpc) is 2.53. The van der Waals surface area contributed by atoms with Crippen LogP contribution in [0.4, 0.5) is 5.69 Å². The molecule has 0 radical (unpaired) electrons. The number of carboxylic acid groups (broad SMARTS) is 1. The van der Waals surface area contributed by atoms with Gasteiger partial charge < -0.3 is 15.7 Å². The molecule has 0 aliphatic rings. The molecule has 6 nitrogen and oxygen atoms in total. The second-order valence-corrected chi connectivity index (χ2v) is 6.28. The maximum absolute atomic E-state index is 12.0. The van der Waals surface area contributed by atoms with Gasteiger partial charge in [-0.05, 0) is 46.5 Å². The van der Waals surface area contributed by atoms with Gasteiger partial charge in [0, 0.05) is 10.7 Å². The summed E-state index contributed by atoms with van der Waals surface area (Å²) >= 11 is 4.82. The first kappa shape index (κ1) is 19.1. The van der Waals surface area contributed by atoms with Gasteiger partial charge in [-0.3, -0.25) is 4.79 Å². The number of nitriles is 1. The maximum Gasteiger partial charge on any atom is 0.326 e. The maximum atomic E-state index is 12.0. The number of carboxylic acids is 1. The van der Waals surface area contributed by atoms with Crippen LogP contribution in [0.3, 0.4) is 0 Å². The normalized spacial score (nSPS) is 12.1. The summed E-state index contributed by atoms with van der Waals surface area (Å²) in [5.41, 5.74) is 0.487. The molecule has 0 fully saturated rings. The van der Waals surface area contributed by atoms with Crippen LogP contribution >= 0.6 is 27.7 Å². The van der Waals surface area contributed by atoms with E-state index in [-0.39, 0.29) is 5.57 Å². The molecular weight excluding hydrogens is 382 g/mol. The number of carbonyl (C=O) groups is 2. The molecule has 0 aromatic heterocycles. The molecule has 0 saturated carbocycles. The summed E-state index contributed by atoms with van der Waals surface area (Å²) in [7, 11) is 0. The predicted octanol–water partition coefficient (Wildman–Crippen LogP) is 2.59. The molecule has 1 aromatic carbocycles. The summed E-state index contributed by atoms with van der Waals surface area (Å²) in [5, 5.41) is 23.4. The third kappa shape index (κ3) is 6.34. The van der Waals surface area contributed by atoms with Gasteiger partial charge in [0.2, 0.25) is 0 Å². The van der Waals surface area contributed by atoms with E-state index in [0.717, 1.165) is 4.47 Å². The number of amides is 1. The Hall–Kier alpha value is -1.98. The number of anilines is 1. The predicted molar refractivity (Wildman–Crippen MR) is 94.0 cm³/mol. The van der Waals surface area contributed by atoms with Crippen molar-refractivity contribution in [3.63, 3.8) is 0 Å². The molecule has 1 amide bonds. The Labute approximate surface area is 147 Å². The highest BCUT2D eigenvalue weighted by atomic mass is 79.9. The highest BCUT2D eigenvalue weighted by molar-refractivity contribution is 9.10.